The molecule has 2 aromatic carbocycles. The fourth-order valence-electron chi connectivity index (χ4n) is 1.80. The molecule has 3 rings (SSSR count). The van der Waals surface area contributed by atoms with Crippen molar-refractivity contribution >= 4 is 26.5 Å². The Morgan fingerprint density at radius 2 is 1.58 bits per heavy atom. The molecule has 1 aliphatic rings. The predicted molar refractivity (Wildman–Crippen MR) is 79.2 cm³/mol. The SMILES string of the molecule is Cc1ccc([Se]/C=C/B2Oc3ccccc3O2)cc1. The molecular weight excluding hydrogens is 302 g/mol. The van der Waals surface area contributed by atoms with Gasteiger partial charge < -0.3 is 0 Å². The summed E-state index contributed by atoms with van der Waals surface area (Å²) in [6.07, 6.45) is 0. The van der Waals surface area contributed by atoms with Gasteiger partial charge in [-0.2, -0.15) is 0 Å². The number of aryl methyl sites for hydroxylation is 1. The average Bonchev–Trinajstić information content (AvgIpc) is 2.83. The number of para-hydroxylation sites is 2. The summed E-state index contributed by atoms with van der Waals surface area (Å²) in [6, 6.07) is 16.4. The summed E-state index contributed by atoms with van der Waals surface area (Å²) in [5, 5.41) is 0. The third-order valence-electron chi connectivity index (χ3n) is 2.80. The van der Waals surface area contributed by atoms with Crippen molar-refractivity contribution in [3.05, 3.63) is 65.0 Å². The van der Waals surface area contributed by atoms with E-state index in [1.165, 1.54) is 10.0 Å². The second kappa shape index (κ2) is 5.56. The molecule has 1 heterocycles. The van der Waals surface area contributed by atoms with Crippen LogP contribution in [0.5, 0.6) is 11.5 Å². The molecular formula is C15H13BO2Se. The van der Waals surface area contributed by atoms with Crippen LogP contribution in [0.15, 0.2) is 59.5 Å². The second-order valence-electron chi connectivity index (χ2n) is 4.31. The maximum absolute atomic E-state index is 5.66. The van der Waals surface area contributed by atoms with E-state index in [0.29, 0.717) is 15.0 Å². The van der Waals surface area contributed by atoms with Gasteiger partial charge in [0.05, 0.1) is 0 Å². The third-order valence-corrected chi connectivity index (χ3v) is 4.55. The number of hydrogen-bond acceptors (Lipinski definition) is 2. The van der Waals surface area contributed by atoms with Crippen LogP contribution in [0.1, 0.15) is 5.56 Å². The van der Waals surface area contributed by atoms with Gasteiger partial charge in [-0.15, -0.1) is 0 Å². The van der Waals surface area contributed by atoms with Crippen molar-refractivity contribution in [3.63, 3.8) is 0 Å². The number of rotatable bonds is 3. The molecule has 0 amide bonds. The quantitative estimate of drug-likeness (QED) is 0.810. The molecule has 0 atom stereocenters. The number of benzene rings is 2. The van der Waals surface area contributed by atoms with E-state index >= 15 is 0 Å². The Bertz CT molecular complexity index is 570. The molecule has 0 unspecified atom stereocenters. The zero-order chi connectivity index (χ0) is 13.1. The van der Waals surface area contributed by atoms with Gasteiger partial charge in [-0.3, -0.25) is 0 Å². The number of fused-ring (bicyclic) bond motifs is 1. The molecule has 19 heavy (non-hydrogen) atoms. The molecule has 0 aliphatic carbocycles. The fourth-order valence-corrected chi connectivity index (χ4v) is 3.18. The molecule has 1 aliphatic heterocycles. The molecule has 0 bridgehead atoms. The maximum atomic E-state index is 5.66. The summed E-state index contributed by atoms with van der Waals surface area (Å²) in [5.74, 6) is 3.62. The third kappa shape index (κ3) is 3.03. The summed E-state index contributed by atoms with van der Waals surface area (Å²) in [4.78, 5) is 2.15. The predicted octanol–water partition coefficient (Wildman–Crippen LogP) is 2.34. The van der Waals surface area contributed by atoms with Crippen LogP contribution in [0.2, 0.25) is 0 Å². The Morgan fingerprint density at radius 1 is 0.947 bits per heavy atom. The van der Waals surface area contributed by atoms with Gasteiger partial charge in [0.15, 0.2) is 0 Å². The molecule has 94 valence electrons. The van der Waals surface area contributed by atoms with Crippen molar-refractivity contribution in [2.75, 3.05) is 0 Å². The first kappa shape index (κ1) is 12.4. The van der Waals surface area contributed by atoms with Crippen LogP contribution in [0.4, 0.5) is 0 Å². The number of hydrogen-bond donors (Lipinski definition) is 0. The van der Waals surface area contributed by atoms with Crippen LogP contribution in [0.25, 0.3) is 0 Å². The molecule has 0 saturated carbocycles. The van der Waals surface area contributed by atoms with Gasteiger partial charge in [-0.25, -0.2) is 0 Å². The van der Waals surface area contributed by atoms with E-state index in [1.54, 1.807) is 0 Å². The van der Waals surface area contributed by atoms with E-state index in [0.717, 1.165) is 11.5 Å². The van der Waals surface area contributed by atoms with Gasteiger partial charge in [-0.05, 0) is 0 Å². The molecule has 2 aromatic rings. The van der Waals surface area contributed by atoms with Crippen molar-refractivity contribution in [3.8, 4) is 11.5 Å². The van der Waals surface area contributed by atoms with Crippen LogP contribution in [-0.2, 0) is 0 Å². The minimum atomic E-state index is -0.287. The average molecular weight is 315 g/mol. The minimum absolute atomic E-state index is 0.287. The first-order valence-electron chi connectivity index (χ1n) is 6.13. The molecule has 0 N–H and O–H groups in total. The van der Waals surface area contributed by atoms with Crippen molar-refractivity contribution in [2.45, 2.75) is 6.92 Å². The Hall–Kier alpha value is -1.64. The second-order valence-corrected chi connectivity index (χ2v) is 6.36. The monoisotopic (exact) mass is 316 g/mol. The molecule has 0 radical (unpaired) electrons. The van der Waals surface area contributed by atoms with Gasteiger partial charge in [0.25, 0.3) is 0 Å². The first-order valence-corrected chi connectivity index (χ1v) is 7.98. The van der Waals surface area contributed by atoms with E-state index in [9.17, 15) is 0 Å². The van der Waals surface area contributed by atoms with E-state index in [2.05, 4.69) is 36.2 Å². The fraction of sp³-hybridized carbons (Fsp3) is 0.0667. The van der Waals surface area contributed by atoms with E-state index < -0.39 is 0 Å². The van der Waals surface area contributed by atoms with Crippen LogP contribution in [0.3, 0.4) is 0 Å². The van der Waals surface area contributed by atoms with Crippen LogP contribution in [-0.4, -0.2) is 22.1 Å². The summed E-state index contributed by atoms with van der Waals surface area (Å²) >= 11 is 0.315. The molecule has 2 nitrogen and oxygen atoms in total. The normalized spacial score (nSPS) is 13.2. The van der Waals surface area contributed by atoms with Crippen LogP contribution in [0, 0.1) is 6.92 Å². The molecule has 0 aromatic heterocycles. The van der Waals surface area contributed by atoms with E-state index in [4.69, 9.17) is 9.31 Å². The molecule has 0 fully saturated rings. The molecule has 0 spiro atoms. The van der Waals surface area contributed by atoms with Crippen molar-refractivity contribution in [2.24, 2.45) is 0 Å². The Labute approximate surface area is 119 Å². The Kier molecular flexibility index (Phi) is 3.63. The molecule has 0 saturated heterocycles. The summed E-state index contributed by atoms with van der Waals surface area (Å²) in [5.41, 5.74) is 1.29. The Morgan fingerprint density at radius 3 is 2.21 bits per heavy atom. The zero-order valence-electron chi connectivity index (χ0n) is 10.6. The van der Waals surface area contributed by atoms with E-state index in [1.807, 2.05) is 30.2 Å². The summed E-state index contributed by atoms with van der Waals surface area (Å²) in [7, 11) is -0.287. The van der Waals surface area contributed by atoms with Gasteiger partial charge in [0, 0.05) is 0 Å². The van der Waals surface area contributed by atoms with Crippen molar-refractivity contribution in [1.29, 1.82) is 0 Å². The van der Waals surface area contributed by atoms with Gasteiger partial charge in [0.1, 0.15) is 0 Å². The summed E-state index contributed by atoms with van der Waals surface area (Å²) < 4.78 is 12.7. The topological polar surface area (TPSA) is 18.5 Å². The Balaban J connectivity index is 1.59. The zero-order valence-corrected chi connectivity index (χ0v) is 12.3. The van der Waals surface area contributed by atoms with E-state index in [-0.39, 0.29) is 7.12 Å². The summed E-state index contributed by atoms with van der Waals surface area (Å²) in [6.45, 7) is 2.10. The van der Waals surface area contributed by atoms with Crippen LogP contribution >= 0.6 is 0 Å². The standard InChI is InChI=1S/C15H13BO2Se/c1-12-6-8-13(9-7-12)19-11-10-16-17-14-4-2-3-5-15(14)18-16/h2-11H,1H3/b11-10+. The van der Waals surface area contributed by atoms with Crippen molar-refractivity contribution in [1.82, 2.24) is 0 Å². The van der Waals surface area contributed by atoms with Crippen LogP contribution < -0.4 is 13.8 Å². The first-order chi connectivity index (χ1) is 9.31. The molecule has 4 heteroatoms. The van der Waals surface area contributed by atoms with Gasteiger partial charge in [-0.1, -0.05) is 0 Å². The van der Waals surface area contributed by atoms with Gasteiger partial charge in [0.2, 0.25) is 0 Å². The van der Waals surface area contributed by atoms with Crippen molar-refractivity contribution < 1.29 is 9.31 Å². The van der Waals surface area contributed by atoms with Gasteiger partial charge >= 0.3 is 119 Å².